The standard InChI is InChI=1S/C20H29N5O.2ClH/c1-12-17-15(19(26)22-11-14-6-5-9-21-14)10-16(13-7-8-13)23-18(17)25(24-12)20(2,3)4;;/h10,13-14,21H,5-9,11H2,1-4H3,(H,22,26);2*1H. The maximum absolute atomic E-state index is 13.0. The predicted molar refractivity (Wildman–Crippen MR) is 117 cm³/mol. The molecule has 1 saturated carbocycles. The van der Waals surface area contributed by atoms with Crippen LogP contribution >= 0.6 is 24.8 Å². The maximum Gasteiger partial charge on any atom is 0.252 e. The van der Waals surface area contributed by atoms with Crippen LogP contribution in [0.5, 0.6) is 0 Å². The summed E-state index contributed by atoms with van der Waals surface area (Å²) in [4.78, 5) is 17.9. The molecule has 0 aromatic carbocycles. The van der Waals surface area contributed by atoms with Crippen molar-refractivity contribution in [3.05, 3.63) is 23.0 Å². The number of hydrogen-bond donors (Lipinski definition) is 2. The van der Waals surface area contributed by atoms with Crippen LogP contribution in [0.15, 0.2) is 6.07 Å². The maximum atomic E-state index is 13.0. The van der Waals surface area contributed by atoms with Crippen molar-refractivity contribution in [1.29, 1.82) is 0 Å². The van der Waals surface area contributed by atoms with Crippen LogP contribution in [0.1, 0.15) is 74.1 Å². The molecule has 1 saturated heterocycles. The smallest absolute Gasteiger partial charge is 0.252 e. The lowest BCUT2D eigenvalue weighted by Crippen LogP contribution is -2.37. The zero-order chi connectivity index (χ0) is 18.5. The van der Waals surface area contributed by atoms with Crippen LogP contribution in [0.2, 0.25) is 0 Å². The van der Waals surface area contributed by atoms with Crippen LogP contribution in [0.4, 0.5) is 0 Å². The molecule has 28 heavy (non-hydrogen) atoms. The Balaban J connectivity index is 0.00000140. The number of pyridine rings is 1. The van der Waals surface area contributed by atoms with Gasteiger partial charge in [0.25, 0.3) is 5.91 Å². The second kappa shape index (κ2) is 8.56. The molecule has 2 fully saturated rings. The van der Waals surface area contributed by atoms with Crippen molar-refractivity contribution in [2.75, 3.05) is 13.1 Å². The minimum atomic E-state index is -0.177. The molecule has 4 rings (SSSR count). The van der Waals surface area contributed by atoms with Gasteiger partial charge < -0.3 is 10.6 Å². The van der Waals surface area contributed by atoms with Gasteiger partial charge in [0.15, 0.2) is 5.65 Å². The minimum Gasteiger partial charge on any atom is -0.350 e. The van der Waals surface area contributed by atoms with Gasteiger partial charge in [-0.05, 0) is 66.0 Å². The normalized spacial score (nSPS) is 19.2. The molecule has 6 nitrogen and oxygen atoms in total. The zero-order valence-corrected chi connectivity index (χ0v) is 18.7. The second-order valence-corrected chi connectivity index (χ2v) is 8.74. The summed E-state index contributed by atoms with van der Waals surface area (Å²) in [7, 11) is 0. The number of aromatic nitrogens is 3. The molecule has 2 aliphatic rings. The van der Waals surface area contributed by atoms with E-state index in [0.29, 0.717) is 18.5 Å². The highest BCUT2D eigenvalue weighted by Gasteiger charge is 2.30. The summed E-state index contributed by atoms with van der Waals surface area (Å²) >= 11 is 0. The van der Waals surface area contributed by atoms with E-state index in [2.05, 4.69) is 31.4 Å². The number of halogens is 2. The summed E-state index contributed by atoms with van der Waals surface area (Å²) in [6.07, 6.45) is 4.63. The van der Waals surface area contributed by atoms with Crippen LogP contribution in [0.3, 0.4) is 0 Å². The van der Waals surface area contributed by atoms with Crippen LogP contribution in [0, 0.1) is 6.92 Å². The van der Waals surface area contributed by atoms with Gasteiger partial charge in [-0.1, -0.05) is 0 Å². The molecule has 0 bridgehead atoms. The first-order valence-corrected chi connectivity index (χ1v) is 9.77. The average Bonchev–Trinajstić information content (AvgIpc) is 3.20. The van der Waals surface area contributed by atoms with Gasteiger partial charge >= 0.3 is 0 Å². The van der Waals surface area contributed by atoms with Gasteiger partial charge in [-0.25, -0.2) is 9.67 Å². The topological polar surface area (TPSA) is 71.8 Å². The van der Waals surface area contributed by atoms with Crippen molar-refractivity contribution < 1.29 is 4.79 Å². The molecule has 156 valence electrons. The third-order valence-electron chi connectivity index (χ3n) is 5.38. The molecule has 1 aliphatic heterocycles. The van der Waals surface area contributed by atoms with Crippen LogP contribution in [-0.2, 0) is 5.54 Å². The van der Waals surface area contributed by atoms with E-state index in [4.69, 9.17) is 10.1 Å². The Labute approximate surface area is 179 Å². The molecule has 1 atom stereocenters. The Hall–Kier alpha value is -1.37. The highest BCUT2D eigenvalue weighted by atomic mass is 35.5. The summed E-state index contributed by atoms with van der Waals surface area (Å²) in [5.74, 6) is 0.482. The van der Waals surface area contributed by atoms with Crippen molar-refractivity contribution >= 4 is 41.8 Å². The SMILES string of the molecule is Cc1nn(C(C)(C)C)c2nc(C3CC3)cc(C(=O)NCC3CCCN3)c12.Cl.Cl. The average molecular weight is 428 g/mol. The fourth-order valence-electron chi connectivity index (χ4n) is 3.79. The number of rotatable bonds is 4. The fraction of sp³-hybridized carbons (Fsp3) is 0.650. The molecule has 1 aliphatic carbocycles. The molecule has 2 aromatic rings. The lowest BCUT2D eigenvalue weighted by atomic mass is 10.1. The number of amides is 1. The molecule has 0 spiro atoms. The van der Waals surface area contributed by atoms with E-state index >= 15 is 0 Å². The molecule has 1 unspecified atom stereocenters. The van der Waals surface area contributed by atoms with Crippen molar-refractivity contribution in [3.8, 4) is 0 Å². The number of hydrogen-bond acceptors (Lipinski definition) is 4. The largest absolute Gasteiger partial charge is 0.350 e. The zero-order valence-electron chi connectivity index (χ0n) is 17.0. The summed E-state index contributed by atoms with van der Waals surface area (Å²) in [5, 5.41) is 12.2. The fourth-order valence-corrected chi connectivity index (χ4v) is 3.79. The molecular formula is C20H31Cl2N5O. The third-order valence-corrected chi connectivity index (χ3v) is 5.38. The monoisotopic (exact) mass is 427 g/mol. The van der Waals surface area contributed by atoms with E-state index < -0.39 is 0 Å². The number of aryl methyl sites for hydroxylation is 1. The Morgan fingerprint density at radius 1 is 1.29 bits per heavy atom. The Morgan fingerprint density at radius 3 is 2.57 bits per heavy atom. The van der Waals surface area contributed by atoms with Gasteiger partial charge in [-0.15, -0.1) is 24.8 Å². The third kappa shape index (κ3) is 4.44. The molecule has 2 N–H and O–H groups in total. The van der Waals surface area contributed by atoms with Gasteiger partial charge in [0.1, 0.15) is 0 Å². The van der Waals surface area contributed by atoms with Crippen molar-refractivity contribution in [3.63, 3.8) is 0 Å². The number of nitrogens with one attached hydrogen (secondary N) is 2. The molecule has 3 heterocycles. The first kappa shape index (κ1) is 22.9. The second-order valence-electron chi connectivity index (χ2n) is 8.74. The van der Waals surface area contributed by atoms with E-state index in [1.165, 1.54) is 6.42 Å². The predicted octanol–water partition coefficient (Wildman–Crippen LogP) is 3.70. The van der Waals surface area contributed by atoms with E-state index in [0.717, 1.165) is 53.8 Å². The molecule has 1 amide bonds. The molecule has 8 heteroatoms. The van der Waals surface area contributed by atoms with Crippen molar-refractivity contribution in [2.24, 2.45) is 0 Å². The van der Waals surface area contributed by atoms with E-state index in [9.17, 15) is 4.79 Å². The van der Waals surface area contributed by atoms with Gasteiger partial charge in [-0.2, -0.15) is 5.10 Å². The molecular weight excluding hydrogens is 397 g/mol. The van der Waals surface area contributed by atoms with E-state index in [1.54, 1.807) is 0 Å². The summed E-state index contributed by atoms with van der Waals surface area (Å²) in [5.41, 5.74) is 3.29. The summed E-state index contributed by atoms with van der Waals surface area (Å²) in [6.45, 7) is 10.1. The van der Waals surface area contributed by atoms with Gasteiger partial charge in [0, 0.05) is 24.2 Å². The van der Waals surface area contributed by atoms with Gasteiger partial charge in [0.2, 0.25) is 0 Å². The van der Waals surface area contributed by atoms with Crippen LogP contribution in [0.25, 0.3) is 11.0 Å². The summed E-state index contributed by atoms with van der Waals surface area (Å²) < 4.78 is 1.97. The molecule has 0 radical (unpaired) electrons. The lowest BCUT2D eigenvalue weighted by Gasteiger charge is -2.20. The van der Waals surface area contributed by atoms with Crippen molar-refractivity contribution in [2.45, 2.75) is 70.9 Å². The quantitative estimate of drug-likeness (QED) is 0.779. The van der Waals surface area contributed by atoms with Crippen LogP contribution in [-0.4, -0.2) is 39.8 Å². The highest BCUT2D eigenvalue weighted by molar-refractivity contribution is 6.06. The van der Waals surface area contributed by atoms with Gasteiger partial charge in [0.05, 0.1) is 22.2 Å². The Kier molecular flexibility index (Phi) is 7.00. The van der Waals surface area contributed by atoms with E-state index in [1.807, 2.05) is 17.7 Å². The first-order valence-electron chi connectivity index (χ1n) is 9.77. The molecule has 2 aromatic heterocycles. The van der Waals surface area contributed by atoms with Crippen LogP contribution < -0.4 is 10.6 Å². The minimum absolute atomic E-state index is 0. The Morgan fingerprint density at radius 2 is 2.00 bits per heavy atom. The number of nitrogens with zero attached hydrogens (tertiary/aromatic N) is 3. The number of fused-ring (bicyclic) bond motifs is 1. The lowest BCUT2D eigenvalue weighted by molar-refractivity contribution is 0.0951. The first-order chi connectivity index (χ1) is 12.3. The van der Waals surface area contributed by atoms with Gasteiger partial charge in [-0.3, -0.25) is 4.79 Å². The highest BCUT2D eigenvalue weighted by Crippen LogP contribution is 2.40. The summed E-state index contributed by atoms with van der Waals surface area (Å²) in [6, 6.07) is 2.39. The van der Waals surface area contributed by atoms with E-state index in [-0.39, 0.29) is 36.3 Å². The van der Waals surface area contributed by atoms with Crippen molar-refractivity contribution in [1.82, 2.24) is 25.4 Å². The Bertz CT molecular complexity index is 848. The number of carbonyl (C=O) groups excluding carboxylic acids is 1. The number of carbonyl (C=O) groups is 1.